The van der Waals surface area contributed by atoms with E-state index in [9.17, 15) is 10.2 Å². The van der Waals surface area contributed by atoms with Crippen molar-refractivity contribution >= 4 is 11.4 Å². The number of para-hydroxylation sites is 2. The van der Waals surface area contributed by atoms with Gasteiger partial charge < -0.3 is 10.2 Å². The van der Waals surface area contributed by atoms with Crippen molar-refractivity contribution in [3.8, 4) is 11.5 Å². The molecular weight excluding hydrogens is 288 g/mol. The van der Waals surface area contributed by atoms with Crippen molar-refractivity contribution < 1.29 is 10.2 Å². The van der Waals surface area contributed by atoms with Crippen molar-refractivity contribution in [1.29, 1.82) is 0 Å². The molecular formula is C19H20N2O2-2. The fraction of sp³-hybridized carbons (Fsp3) is 0.263. The smallest absolute Gasteiger partial charge is 0.0410 e. The topological polar surface area (TPSA) is 70.8 Å². The summed E-state index contributed by atoms with van der Waals surface area (Å²) >= 11 is 0. The standard InChI is InChI=1S/C19H22N2O2/c1-14(16-8-3-5-10-18(16)22)20-12-7-13-21-15(2)17-9-4-6-11-19(17)23/h3-6,8-11,22-23H,7,12-13H2,1-2H3/p-2. The molecule has 0 fully saturated rings. The maximum Gasteiger partial charge on any atom is 0.0410 e. The molecule has 0 unspecified atom stereocenters. The fourth-order valence-corrected chi connectivity index (χ4v) is 2.27. The molecule has 0 aliphatic heterocycles. The fourth-order valence-electron chi connectivity index (χ4n) is 2.27. The third-order valence-corrected chi connectivity index (χ3v) is 3.57. The predicted octanol–water partition coefficient (Wildman–Crippen LogP) is 2.54. The molecule has 0 aliphatic carbocycles. The number of aliphatic imine (C=N–C) groups is 2. The number of rotatable bonds is 6. The average Bonchev–Trinajstić information content (AvgIpc) is 2.55. The molecule has 0 N–H and O–H groups in total. The van der Waals surface area contributed by atoms with Crippen LogP contribution in [0.5, 0.6) is 11.5 Å². The van der Waals surface area contributed by atoms with Crippen LogP contribution in [0.25, 0.3) is 0 Å². The Balaban J connectivity index is 1.88. The van der Waals surface area contributed by atoms with Crippen molar-refractivity contribution in [2.75, 3.05) is 13.1 Å². The summed E-state index contributed by atoms with van der Waals surface area (Å²) < 4.78 is 0. The van der Waals surface area contributed by atoms with Crippen LogP contribution in [0.4, 0.5) is 0 Å². The summed E-state index contributed by atoms with van der Waals surface area (Å²) in [5.41, 5.74) is 2.79. The second-order valence-electron chi connectivity index (χ2n) is 5.28. The Morgan fingerprint density at radius 2 is 1.13 bits per heavy atom. The van der Waals surface area contributed by atoms with Gasteiger partial charge in [0.05, 0.1) is 0 Å². The van der Waals surface area contributed by atoms with E-state index in [-0.39, 0.29) is 11.5 Å². The quantitative estimate of drug-likeness (QED) is 0.608. The Bertz CT molecular complexity index is 659. The molecule has 0 aromatic heterocycles. The number of hydrogen-bond donors (Lipinski definition) is 0. The van der Waals surface area contributed by atoms with Crippen LogP contribution in [0.2, 0.25) is 0 Å². The maximum absolute atomic E-state index is 11.7. The Morgan fingerprint density at radius 3 is 1.52 bits per heavy atom. The van der Waals surface area contributed by atoms with E-state index in [0.29, 0.717) is 24.2 Å². The molecule has 0 amide bonds. The van der Waals surface area contributed by atoms with E-state index in [2.05, 4.69) is 9.98 Å². The van der Waals surface area contributed by atoms with E-state index in [1.165, 1.54) is 0 Å². The molecule has 2 rings (SSSR count). The van der Waals surface area contributed by atoms with E-state index in [4.69, 9.17) is 0 Å². The lowest BCUT2D eigenvalue weighted by Gasteiger charge is -2.12. The normalized spacial score (nSPS) is 12.4. The van der Waals surface area contributed by atoms with Crippen molar-refractivity contribution in [3.63, 3.8) is 0 Å². The zero-order chi connectivity index (χ0) is 16.7. The molecule has 0 saturated carbocycles. The Labute approximate surface area is 136 Å². The maximum atomic E-state index is 11.7. The van der Waals surface area contributed by atoms with Gasteiger partial charge >= 0.3 is 0 Å². The molecule has 0 radical (unpaired) electrons. The van der Waals surface area contributed by atoms with Crippen molar-refractivity contribution in [3.05, 3.63) is 59.7 Å². The lowest BCUT2D eigenvalue weighted by atomic mass is 10.1. The zero-order valence-corrected chi connectivity index (χ0v) is 13.5. The van der Waals surface area contributed by atoms with Crippen LogP contribution in [0.1, 0.15) is 31.4 Å². The van der Waals surface area contributed by atoms with Gasteiger partial charge in [-0.25, -0.2) is 0 Å². The zero-order valence-electron chi connectivity index (χ0n) is 13.5. The van der Waals surface area contributed by atoms with Crippen LogP contribution in [0.15, 0.2) is 58.5 Å². The second-order valence-corrected chi connectivity index (χ2v) is 5.28. The first kappa shape index (κ1) is 16.7. The van der Waals surface area contributed by atoms with Crippen molar-refractivity contribution in [2.24, 2.45) is 9.98 Å². The molecule has 120 valence electrons. The van der Waals surface area contributed by atoms with Gasteiger partial charge in [-0.2, -0.15) is 0 Å². The van der Waals surface area contributed by atoms with E-state index in [0.717, 1.165) is 17.8 Å². The van der Waals surface area contributed by atoms with Gasteiger partial charge in [0.2, 0.25) is 0 Å². The molecule has 0 atom stereocenters. The van der Waals surface area contributed by atoms with Gasteiger partial charge in [0, 0.05) is 24.5 Å². The Kier molecular flexibility index (Phi) is 5.92. The van der Waals surface area contributed by atoms with E-state index >= 15 is 0 Å². The highest BCUT2D eigenvalue weighted by molar-refractivity contribution is 6.01. The second kappa shape index (κ2) is 8.13. The number of nitrogens with zero attached hydrogens (tertiary/aromatic N) is 2. The Morgan fingerprint density at radius 1 is 0.739 bits per heavy atom. The number of hydrogen-bond acceptors (Lipinski definition) is 4. The van der Waals surface area contributed by atoms with Crippen molar-refractivity contribution in [2.45, 2.75) is 20.3 Å². The minimum Gasteiger partial charge on any atom is -0.872 e. The van der Waals surface area contributed by atoms with Gasteiger partial charge in [-0.3, -0.25) is 9.98 Å². The Hall–Kier alpha value is -2.62. The van der Waals surface area contributed by atoms with Gasteiger partial charge in [-0.05, 0) is 31.4 Å². The minimum atomic E-state index is -0.00494. The summed E-state index contributed by atoms with van der Waals surface area (Å²) in [6.45, 7) is 4.91. The van der Waals surface area contributed by atoms with Crippen LogP contribution in [0.3, 0.4) is 0 Å². The molecule has 0 saturated heterocycles. The SMILES string of the molecule is CC(=NCCCN=C(C)c1ccccc1[O-])c1ccccc1[O-]. The summed E-state index contributed by atoms with van der Waals surface area (Å²) in [6, 6.07) is 13.8. The van der Waals surface area contributed by atoms with Crippen LogP contribution < -0.4 is 10.2 Å². The predicted molar refractivity (Wildman–Crippen MR) is 90.5 cm³/mol. The van der Waals surface area contributed by atoms with Gasteiger partial charge in [0.25, 0.3) is 0 Å². The van der Waals surface area contributed by atoms with E-state index < -0.39 is 0 Å². The molecule has 4 heteroatoms. The highest BCUT2D eigenvalue weighted by Gasteiger charge is 1.98. The van der Waals surface area contributed by atoms with Gasteiger partial charge in [0.15, 0.2) is 0 Å². The monoisotopic (exact) mass is 308 g/mol. The highest BCUT2D eigenvalue weighted by Crippen LogP contribution is 2.14. The largest absolute Gasteiger partial charge is 0.872 e. The molecule has 0 aliphatic rings. The van der Waals surface area contributed by atoms with E-state index in [1.807, 2.05) is 26.0 Å². The molecule has 2 aromatic carbocycles. The summed E-state index contributed by atoms with van der Waals surface area (Å²) in [7, 11) is 0. The van der Waals surface area contributed by atoms with Gasteiger partial charge in [-0.15, -0.1) is 0 Å². The summed E-state index contributed by atoms with van der Waals surface area (Å²) in [6.07, 6.45) is 0.775. The molecule has 0 bridgehead atoms. The molecule has 0 spiro atoms. The molecule has 4 nitrogen and oxygen atoms in total. The lowest BCUT2D eigenvalue weighted by molar-refractivity contribution is -0.269. The van der Waals surface area contributed by atoms with Gasteiger partial charge in [-0.1, -0.05) is 60.0 Å². The lowest BCUT2D eigenvalue weighted by Crippen LogP contribution is -2.04. The summed E-state index contributed by atoms with van der Waals surface area (Å²) in [5.74, 6) is -0.00987. The molecule has 23 heavy (non-hydrogen) atoms. The number of benzene rings is 2. The van der Waals surface area contributed by atoms with Gasteiger partial charge in [0.1, 0.15) is 0 Å². The average molecular weight is 308 g/mol. The van der Waals surface area contributed by atoms with Crippen molar-refractivity contribution in [1.82, 2.24) is 0 Å². The van der Waals surface area contributed by atoms with Crippen LogP contribution >= 0.6 is 0 Å². The highest BCUT2D eigenvalue weighted by atomic mass is 16.3. The summed E-state index contributed by atoms with van der Waals surface area (Å²) in [5, 5.41) is 23.4. The van der Waals surface area contributed by atoms with Crippen LogP contribution in [-0.2, 0) is 0 Å². The first-order chi connectivity index (χ1) is 11.1. The molecule has 0 heterocycles. The summed E-state index contributed by atoms with van der Waals surface area (Å²) in [4.78, 5) is 8.86. The van der Waals surface area contributed by atoms with Crippen LogP contribution in [-0.4, -0.2) is 24.5 Å². The van der Waals surface area contributed by atoms with E-state index in [1.54, 1.807) is 36.4 Å². The molecule has 2 aromatic rings. The third kappa shape index (κ3) is 4.68. The minimum absolute atomic E-state index is 0.00494. The third-order valence-electron chi connectivity index (χ3n) is 3.57. The first-order valence-electron chi connectivity index (χ1n) is 7.64. The van der Waals surface area contributed by atoms with Crippen LogP contribution in [0, 0.1) is 0 Å². The first-order valence-corrected chi connectivity index (χ1v) is 7.64.